The van der Waals surface area contributed by atoms with Crippen LogP contribution < -0.4 is 11.1 Å². The lowest BCUT2D eigenvalue weighted by atomic mass is 9.82. The zero-order valence-corrected chi connectivity index (χ0v) is 15.0. The second-order valence-corrected chi connectivity index (χ2v) is 8.05. The molecule has 1 fully saturated rings. The van der Waals surface area contributed by atoms with Crippen LogP contribution in [0.5, 0.6) is 0 Å². The smallest absolute Gasteiger partial charge is 0.246 e. The highest BCUT2D eigenvalue weighted by molar-refractivity contribution is 7.15. The predicted octanol–water partition coefficient (Wildman–Crippen LogP) is 3.46. The van der Waals surface area contributed by atoms with Crippen LogP contribution >= 0.6 is 11.3 Å². The molecule has 0 spiro atoms. The largest absolute Gasteiger partial charge is 0.317 e. The molecule has 0 saturated heterocycles. The van der Waals surface area contributed by atoms with Gasteiger partial charge in [-0.1, -0.05) is 60.9 Å². The van der Waals surface area contributed by atoms with E-state index in [4.69, 9.17) is 5.73 Å². The first-order valence-electron chi connectivity index (χ1n) is 8.42. The SMILES string of the molecule is CC(C)(c1ccccc1)c1nnc(NC(=O)C2(N)CCCCC2)s1. The van der Waals surface area contributed by atoms with Gasteiger partial charge in [-0.2, -0.15) is 0 Å². The maximum absolute atomic E-state index is 12.5. The van der Waals surface area contributed by atoms with Gasteiger partial charge in [0, 0.05) is 5.41 Å². The van der Waals surface area contributed by atoms with Gasteiger partial charge < -0.3 is 5.73 Å². The molecule has 0 bridgehead atoms. The third-order valence-corrected chi connectivity index (χ3v) is 6.04. The number of aromatic nitrogens is 2. The van der Waals surface area contributed by atoms with Crippen LogP contribution in [0.4, 0.5) is 5.13 Å². The maximum Gasteiger partial charge on any atom is 0.246 e. The molecule has 2 aromatic rings. The number of rotatable bonds is 4. The Kier molecular flexibility index (Phi) is 4.69. The van der Waals surface area contributed by atoms with Crippen molar-refractivity contribution in [2.45, 2.75) is 56.9 Å². The van der Waals surface area contributed by atoms with Crippen molar-refractivity contribution in [1.82, 2.24) is 10.2 Å². The summed E-state index contributed by atoms with van der Waals surface area (Å²) in [5.41, 5.74) is 6.42. The summed E-state index contributed by atoms with van der Waals surface area (Å²) in [7, 11) is 0. The van der Waals surface area contributed by atoms with E-state index in [0.29, 0.717) is 5.13 Å². The summed E-state index contributed by atoms with van der Waals surface area (Å²) in [5, 5.41) is 12.7. The number of nitrogens with zero attached hydrogens (tertiary/aromatic N) is 2. The van der Waals surface area contributed by atoms with E-state index in [1.54, 1.807) is 0 Å². The van der Waals surface area contributed by atoms with Crippen molar-refractivity contribution in [1.29, 1.82) is 0 Å². The summed E-state index contributed by atoms with van der Waals surface area (Å²) in [4.78, 5) is 12.5. The van der Waals surface area contributed by atoms with Crippen molar-refractivity contribution in [2.24, 2.45) is 5.73 Å². The monoisotopic (exact) mass is 344 g/mol. The number of anilines is 1. The molecule has 1 amide bonds. The van der Waals surface area contributed by atoms with Crippen LogP contribution in [-0.2, 0) is 10.2 Å². The van der Waals surface area contributed by atoms with E-state index in [-0.39, 0.29) is 11.3 Å². The molecule has 1 aromatic carbocycles. The average molecular weight is 344 g/mol. The Morgan fingerprint density at radius 2 is 1.83 bits per heavy atom. The molecule has 1 heterocycles. The summed E-state index contributed by atoms with van der Waals surface area (Å²) in [6.45, 7) is 4.22. The summed E-state index contributed by atoms with van der Waals surface area (Å²) in [5.74, 6) is -0.137. The number of amides is 1. The van der Waals surface area contributed by atoms with Crippen molar-refractivity contribution in [3.8, 4) is 0 Å². The van der Waals surface area contributed by atoms with E-state index < -0.39 is 5.54 Å². The van der Waals surface area contributed by atoms with Crippen LogP contribution in [0.1, 0.15) is 56.5 Å². The number of benzene rings is 1. The Labute approximate surface area is 146 Å². The van der Waals surface area contributed by atoms with Crippen molar-refractivity contribution < 1.29 is 4.79 Å². The van der Waals surface area contributed by atoms with E-state index in [9.17, 15) is 4.79 Å². The molecule has 1 aliphatic carbocycles. The van der Waals surface area contributed by atoms with Crippen LogP contribution in [0.3, 0.4) is 0 Å². The van der Waals surface area contributed by atoms with Gasteiger partial charge in [0.2, 0.25) is 11.0 Å². The molecule has 1 saturated carbocycles. The predicted molar refractivity (Wildman–Crippen MR) is 97.1 cm³/mol. The second-order valence-electron chi connectivity index (χ2n) is 7.07. The third kappa shape index (κ3) is 3.35. The number of nitrogens with one attached hydrogen (secondary N) is 1. The highest BCUT2D eigenvalue weighted by Crippen LogP contribution is 2.35. The number of hydrogen-bond acceptors (Lipinski definition) is 5. The molecule has 3 rings (SSSR count). The fourth-order valence-corrected chi connectivity index (χ4v) is 4.00. The van der Waals surface area contributed by atoms with Gasteiger partial charge in [-0.25, -0.2) is 0 Å². The topological polar surface area (TPSA) is 80.9 Å². The summed E-state index contributed by atoms with van der Waals surface area (Å²) < 4.78 is 0. The molecule has 128 valence electrons. The fourth-order valence-electron chi connectivity index (χ4n) is 3.14. The van der Waals surface area contributed by atoms with Gasteiger partial charge in [0.15, 0.2) is 0 Å². The van der Waals surface area contributed by atoms with E-state index in [1.807, 2.05) is 18.2 Å². The number of nitrogens with two attached hydrogens (primary N) is 1. The molecular weight excluding hydrogens is 320 g/mol. The molecule has 5 nitrogen and oxygen atoms in total. The Morgan fingerprint density at radius 1 is 1.17 bits per heavy atom. The minimum Gasteiger partial charge on any atom is -0.317 e. The van der Waals surface area contributed by atoms with Crippen LogP contribution in [0, 0.1) is 0 Å². The van der Waals surface area contributed by atoms with E-state index in [1.165, 1.54) is 16.9 Å². The molecule has 0 atom stereocenters. The van der Waals surface area contributed by atoms with Crippen molar-refractivity contribution in [3.63, 3.8) is 0 Å². The first kappa shape index (κ1) is 17.0. The number of carbonyl (C=O) groups is 1. The van der Waals surface area contributed by atoms with Crippen LogP contribution in [0.15, 0.2) is 30.3 Å². The molecule has 0 unspecified atom stereocenters. The van der Waals surface area contributed by atoms with Crippen LogP contribution in [0.25, 0.3) is 0 Å². The minimum atomic E-state index is -0.765. The van der Waals surface area contributed by atoms with Gasteiger partial charge in [-0.15, -0.1) is 10.2 Å². The highest BCUT2D eigenvalue weighted by atomic mass is 32.1. The van der Waals surface area contributed by atoms with Crippen LogP contribution in [-0.4, -0.2) is 21.6 Å². The first-order chi connectivity index (χ1) is 11.4. The molecule has 0 radical (unpaired) electrons. The fraction of sp³-hybridized carbons (Fsp3) is 0.500. The van der Waals surface area contributed by atoms with Gasteiger partial charge in [0.05, 0.1) is 5.54 Å². The minimum absolute atomic E-state index is 0.137. The molecule has 24 heavy (non-hydrogen) atoms. The van der Waals surface area contributed by atoms with E-state index in [0.717, 1.165) is 37.1 Å². The van der Waals surface area contributed by atoms with Gasteiger partial charge in [-0.3, -0.25) is 10.1 Å². The van der Waals surface area contributed by atoms with E-state index >= 15 is 0 Å². The van der Waals surface area contributed by atoms with Gasteiger partial charge >= 0.3 is 0 Å². The lowest BCUT2D eigenvalue weighted by molar-refractivity contribution is -0.122. The number of carbonyl (C=O) groups excluding carboxylic acids is 1. The normalized spacial score (nSPS) is 17.5. The lowest BCUT2D eigenvalue weighted by Gasteiger charge is -2.31. The molecule has 6 heteroatoms. The summed E-state index contributed by atoms with van der Waals surface area (Å²) >= 11 is 1.42. The van der Waals surface area contributed by atoms with Crippen molar-refractivity contribution >= 4 is 22.4 Å². The zero-order valence-electron chi connectivity index (χ0n) is 14.2. The second kappa shape index (κ2) is 6.61. The number of hydrogen-bond donors (Lipinski definition) is 2. The van der Waals surface area contributed by atoms with Crippen molar-refractivity contribution in [3.05, 3.63) is 40.9 Å². The van der Waals surface area contributed by atoms with Crippen LogP contribution in [0.2, 0.25) is 0 Å². The zero-order chi connectivity index (χ0) is 17.2. The average Bonchev–Trinajstić information content (AvgIpc) is 3.06. The molecule has 1 aliphatic rings. The Hall–Kier alpha value is -1.79. The first-order valence-corrected chi connectivity index (χ1v) is 9.23. The lowest BCUT2D eigenvalue weighted by Crippen LogP contribution is -2.52. The Morgan fingerprint density at radius 3 is 2.50 bits per heavy atom. The van der Waals surface area contributed by atoms with Gasteiger partial charge in [0.25, 0.3) is 0 Å². The van der Waals surface area contributed by atoms with E-state index in [2.05, 4.69) is 41.5 Å². The van der Waals surface area contributed by atoms with Gasteiger partial charge in [-0.05, 0) is 32.3 Å². The molecular formula is C18H24N4OS. The maximum atomic E-state index is 12.5. The molecule has 3 N–H and O–H groups in total. The summed E-state index contributed by atoms with van der Waals surface area (Å²) in [6, 6.07) is 10.2. The van der Waals surface area contributed by atoms with Gasteiger partial charge in [0.1, 0.15) is 5.01 Å². The quantitative estimate of drug-likeness (QED) is 0.890. The van der Waals surface area contributed by atoms with Crippen molar-refractivity contribution in [2.75, 3.05) is 5.32 Å². The standard InChI is InChI=1S/C18H24N4OS/c1-17(2,13-9-5-3-6-10-13)15-21-22-16(24-15)20-14(23)18(19)11-7-4-8-12-18/h3,5-6,9-10H,4,7-8,11-12,19H2,1-2H3,(H,20,22,23). The molecule has 1 aromatic heterocycles. The Bertz CT molecular complexity index is 705. The molecule has 0 aliphatic heterocycles. The summed E-state index contributed by atoms with van der Waals surface area (Å²) in [6.07, 6.45) is 4.64. The highest BCUT2D eigenvalue weighted by Gasteiger charge is 2.36. The Balaban J connectivity index is 1.75. The third-order valence-electron chi connectivity index (χ3n) is 4.87.